The van der Waals surface area contributed by atoms with Crippen LogP contribution in [0.4, 0.5) is 11.5 Å². The van der Waals surface area contributed by atoms with Crippen LogP contribution in [0, 0.1) is 0 Å². The smallest absolute Gasteiger partial charge is 0.303 e. The van der Waals surface area contributed by atoms with Crippen molar-refractivity contribution in [2.24, 2.45) is 4.99 Å². The van der Waals surface area contributed by atoms with Crippen LogP contribution in [0.15, 0.2) is 16.3 Å². The van der Waals surface area contributed by atoms with Gasteiger partial charge in [-0.15, -0.1) is 0 Å². The Morgan fingerprint density at radius 3 is 2.58 bits per heavy atom. The zero-order valence-electron chi connectivity index (χ0n) is 21.8. The maximum absolute atomic E-state index is 12.3. The number of hydrogen-bond acceptors (Lipinski definition) is 11. The number of anilines is 1. The van der Waals surface area contributed by atoms with Gasteiger partial charge >= 0.3 is 11.9 Å². The fourth-order valence-corrected chi connectivity index (χ4v) is 4.51. The Balaban J connectivity index is 2.21. The first-order valence-electron chi connectivity index (χ1n) is 11.4. The maximum Gasteiger partial charge on any atom is 0.303 e. The average molecular weight is 523 g/mol. The predicted molar refractivity (Wildman–Crippen MR) is 136 cm³/mol. The van der Waals surface area contributed by atoms with Crippen molar-refractivity contribution in [1.29, 1.82) is 0 Å². The normalized spacial score (nSPS) is 24.1. The molecule has 0 bridgehead atoms. The van der Waals surface area contributed by atoms with E-state index >= 15 is 0 Å². The van der Waals surface area contributed by atoms with E-state index in [2.05, 4.69) is 15.0 Å². The second-order valence-corrected chi connectivity index (χ2v) is 9.92. The van der Waals surface area contributed by atoms with E-state index in [0.29, 0.717) is 27.7 Å². The molecule has 0 spiro atoms. The molecule has 1 unspecified atom stereocenters. The van der Waals surface area contributed by atoms with Gasteiger partial charge in [-0.1, -0.05) is 11.8 Å². The van der Waals surface area contributed by atoms with Crippen molar-refractivity contribution in [2.75, 3.05) is 32.7 Å². The van der Waals surface area contributed by atoms with E-state index < -0.39 is 36.0 Å². The van der Waals surface area contributed by atoms with E-state index in [4.69, 9.17) is 24.7 Å². The summed E-state index contributed by atoms with van der Waals surface area (Å²) < 4.78 is 25.4. The van der Waals surface area contributed by atoms with Gasteiger partial charge in [-0.2, -0.15) is 0 Å². The number of esters is 2. The molecule has 13 heteroatoms. The molecular formula is C23H34N6O6S. The minimum absolute atomic E-state index is 0.0851. The molecule has 4 atom stereocenters. The number of thioether (sulfide) groups is 1. The molecule has 3 rings (SSSR count). The molecule has 1 fully saturated rings. The number of fused-ring (bicyclic) bond motifs is 1. The van der Waals surface area contributed by atoms with E-state index in [9.17, 15) is 9.59 Å². The zero-order chi connectivity index (χ0) is 26.8. The van der Waals surface area contributed by atoms with Gasteiger partial charge in [0.1, 0.15) is 18.8 Å². The molecule has 2 aromatic rings. The lowest BCUT2D eigenvalue weighted by molar-refractivity contribution is -0.183. The average Bonchev–Trinajstić information content (AvgIpc) is 3.23. The lowest BCUT2D eigenvalue weighted by Crippen LogP contribution is -2.50. The summed E-state index contributed by atoms with van der Waals surface area (Å²) in [7, 11) is 3.70. The fraction of sp³-hybridized carbons (Fsp3) is 0.609. The molecule has 12 nitrogen and oxygen atoms in total. The number of carbonyl (C=O) groups excluding carboxylic acids is 2. The third-order valence-corrected chi connectivity index (χ3v) is 5.99. The molecule has 0 amide bonds. The molecular weight excluding hydrogens is 488 g/mol. The second kappa shape index (κ2) is 11.0. The van der Waals surface area contributed by atoms with Crippen LogP contribution in [-0.2, 0) is 28.5 Å². The Hall–Kier alpha value is -2.90. The van der Waals surface area contributed by atoms with E-state index in [1.807, 2.05) is 34.2 Å². The summed E-state index contributed by atoms with van der Waals surface area (Å²) in [6, 6.07) is 0. The first-order chi connectivity index (χ1) is 16.9. The number of rotatable bonds is 9. The molecule has 198 valence electrons. The number of nitrogens with zero attached hydrogens (tertiary/aromatic N) is 5. The Bertz CT molecular complexity index is 1150. The van der Waals surface area contributed by atoms with Crippen LogP contribution in [0.25, 0.3) is 11.0 Å². The SMILES string of the molecule is CSc1nc(/N=C/N(C)C)c2c(N)cn(C3O[C@H](COC(C)=O)[C@@H](OC(C)C)[C@@]3(C)OC(C)=O)c2n1. The Labute approximate surface area is 214 Å². The van der Waals surface area contributed by atoms with Gasteiger partial charge in [0.2, 0.25) is 0 Å². The minimum atomic E-state index is -1.31. The monoisotopic (exact) mass is 522 g/mol. The van der Waals surface area contributed by atoms with Gasteiger partial charge in [0.25, 0.3) is 0 Å². The van der Waals surface area contributed by atoms with Crippen molar-refractivity contribution < 1.29 is 28.5 Å². The molecule has 0 radical (unpaired) electrons. The number of aromatic nitrogens is 3. The standard InChI is InChI=1S/C23H34N6O6S/c1-12(2)33-18-16(10-32-13(3)30)34-21(23(18,5)35-14(4)31)29-9-15(24)17-19(25-11-28(6)7)26-22(36-8)27-20(17)29/h9,11-12,16,18,21H,10,24H2,1-8H3/b25-11+/t16-,18-,21?,23-/m1/s1. The summed E-state index contributed by atoms with van der Waals surface area (Å²) in [4.78, 5) is 39.3. The van der Waals surface area contributed by atoms with Gasteiger partial charge in [0.05, 0.1) is 23.5 Å². The lowest BCUT2D eigenvalue weighted by atomic mass is 9.95. The van der Waals surface area contributed by atoms with Gasteiger partial charge in [0.15, 0.2) is 28.5 Å². The van der Waals surface area contributed by atoms with Crippen molar-refractivity contribution in [1.82, 2.24) is 19.4 Å². The van der Waals surface area contributed by atoms with Crippen molar-refractivity contribution in [3.05, 3.63) is 6.20 Å². The van der Waals surface area contributed by atoms with Crippen LogP contribution in [0.3, 0.4) is 0 Å². The molecule has 1 aliphatic rings. The second-order valence-electron chi connectivity index (χ2n) is 9.14. The largest absolute Gasteiger partial charge is 0.463 e. The third-order valence-electron chi connectivity index (χ3n) is 5.44. The number of nitrogen functional groups attached to an aromatic ring is 1. The van der Waals surface area contributed by atoms with E-state index in [1.165, 1.54) is 25.6 Å². The molecule has 0 aromatic carbocycles. The van der Waals surface area contributed by atoms with E-state index in [-0.39, 0.29) is 12.7 Å². The molecule has 3 heterocycles. The first kappa shape index (κ1) is 27.7. The highest BCUT2D eigenvalue weighted by Gasteiger charge is 2.59. The highest BCUT2D eigenvalue weighted by molar-refractivity contribution is 7.98. The molecule has 1 saturated heterocycles. The predicted octanol–water partition coefficient (Wildman–Crippen LogP) is 2.53. The highest BCUT2D eigenvalue weighted by atomic mass is 32.2. The Morgan fingerprint density at radius 2 is 2.03 bits per heavy atom. The molecule has 2 N–H and O–H groups in total. The molecule has 36 heavy (non-hydrogen) atoms. The van der Waals surface area contributed by atoms with Crippen molar-refractivity contribution in [3.63, 3.8) is 0 Å². The number of aliphatic imine (C=N–C) groups is 1. The van der Waals surface area contributed by atoms with Gasteiger partial charge in [0, 0.05) is 34.1 Å². The lowest BCUT2D eigenvalue weighted by Gasteiger charge is -2.35. The van der Waals surface area contributed by atoms with Gasteiger partial charge in [-0.05, 0) is 27.0 Å². The molecule has 1 aliphatic heterocycles. The van der Waals surface area contributed by atoms with E-state index in [1.54, 1.807) is 28.9 Å². The van der Waals surface area contributed by atoms with Crippen LogP contribution < -0.4 is 5.73 Å². The number of hydrogen-bond donors (Lipinski definition) is 1. The third kappa shape index (κ3) is 5.73. The summed E-state index contributed by atoms with van der Waals surface area (Å²) in [5.41, 5.74) is 5.95. The van der Waals surface area contributed by atoms with Crippen LogP contribution in [-0.4, -0.2) is 88.6 Å². The summed E-state index contributed by atoms with van der Waals surface area (Å²) in [5.74, 6) is -0.583. The van der Waals surface area contributed by atoms with Gasteiger partial charge in [-0.25, -0.2) is 15.0 Å². The van der Waals surface area contributed by atoms with Crippen LogP contribution in [0.1, 0.15) is 40.8 Å². The number of nitrogens with two attached hydrogens (primary N) is 1. The van der Waals surface area contributed by atoms with Crippen LogP contribution in [0.2, 0.25) is 0 Å². The summed E-state index contributed by atoms with van der Waals surface area (Å²) in [6.07, 6.45) is 2.53. The first-order valence-corrected chi connectivity index (χ1v) is 12.7. The Morgan fingerprint density at radius 1 is 1.33 bits per heavy atom. The summed E-state index contributed by atoms with van der Waals surface area (Å²) in [6.45, 7) is 7.99. The molecule has 0 aliphatic carbocycles. The van der Waals surface area contributed by atoms with Crippen molar-refractivity contribution >= 4 is 52.6 Å². The topological polar surface area (TPSA) is 143 Å². The van der Waals surface area contributed by atoms with Crippen LogP contribution in [0.5, 0.6) is 0 Å². The fourth-order valence-electron chi connectivity index (χ4n) is 4.16. The molecule has 2 aromatic heterocycles. The van der Waals surface area contributed by atoms with Crippen molar-refractivity contribution in [2.45, 2.75) is 69.9 Å². The van der Waals surface area contributed by atoms with Gasteiger partial charge < -0.3 is 29.6 Å². The summed E-state index contributed by atoms with van der Waals surface area (Å²) in [5, 5.41) is 1.01. The Kier molecular flexibility index (Phi) is 8.47. The van der Waals surface area contributed by atoms with Crippen molar-refractivity contribution in [3.8, 4) is 0 Å². The quantitative estimate of drug-likeness (QED) is 0.171. The zero-order valence-corrected chi connectivity index (χ0v) is 22.7. The minimum Gasteiger partial charge on any atom is -0.463 e. The number of ether oxygens (including phenoxy) is 4. The molecule has 0 saturated carbocycles. The number of carbonyl (C=O) groups is 2. The van der Waals surface area contributed by atoms with Crippen LogP contribution >= 0.6 is 11.8 Å². The van der Waals surface area contributed by atoms with Gasteiger partial charge in [-0.3, -0.25) is 14.2 Å². The van der Waals surface area contributed by atoms with E-state index in [0.717, 1.165) is 0 Å². The highest BCUT2D eigenvalue weighted by Crippen LogP contribution is 2.46. The maximum atomic E-state index is 12.3. The summed E-state index contributed by atoms with van der Waals surface area (Å²) >= 11 is 1.35.